The molecule has 0 radical (unpaired) electrons. The van der Waals surface area contributed by atoms with Crippen molar-refractivity contribution >= 4 is 18.7 Å². The number of ether oxygens (including phenoxy) is 1. The second-order valence-electron chi connectivity index (χ2n) is 5.86. The lowest BCUT2D eigenvalue weighted by molar-refractivity contribution is 0.111. The second kappa shape index (κ2) is 8.49. The standard InChI is InChI=1S/C19H19N3O3.ClH/c1-13(2)22-16(8-10-21-22)19-14(5-4-9-20-19)12-25-18-7-3-6-17(24)15(18)11-23;/h3-11,13,24H,12H2,1-2H3;1H. The molecule has 1 aromatic carbocycles. The molecule has 0 unspecified atom stereocenters. The zero-order valence-corrected chi connectivity index (χ0v) is 15.3. The molecule has 3 rings (SSSR count). The van der Waals surface area contributed by atoms with Crippen LogP contribution in [-0.4, -0.2) is 26.2 Å². The third-order valence-electron chi connectivity index (χ3n) is 3.84. The molecule has 26 heavy (non-hydrogen) atoms. The topological polar surface area (TPSA) is 77.2 Å². The molecule has 0 aliphatic heterocycles. The highest BCUT2D eigenvalue weighted by atomic mass is 35.5. The minimum atomic E-state index is -0.100. The molecular formula is C19H20ClN3O3. The number of hydrogen-bond donors (Lipinski definition) is 1. The average Bonchev–Trinajstić information content (AvgIpc) is 3.10. The van der Waals surface area contributed by atoms with Gasteiger partial charge in [-0.05, 0) is 38.1 Å². The van der Waals surface area contributed by atoms with Crippen LogP contribution in [0.15, 0.2) is 48.8 Å². The maximum absolute atomic E-state index is 11.2. The van der Waals surface area contributed by atoms with Crippen molar-refractivity contribution in [2.75, 3.05) is 0 Å². The van der Waals surface area contributed by atoms with E-state index in [-0.39, 0.29) is 36.4 Å². The van der Waals surface area contributed by atoms with Gasteiger partial charge in [-0.15, -0.1) is 12.4 Å². The van der Waals surface area contributed by atoms with Crippen LogP contribution in [-0.2, 0) is 6.61 Å². The predicted molar refractivity (Wildman–Crippen MR) is 101 cm³/mol. The monoisotopic (exact) mass is 373 g/mol. The molecule has 0 saturated carbocycles. The number of rotatable bonds is 6. The number of nitrogens with zero attached hydrogens (tertiary/aromatic N) is 3. The van der Waals surface area contributed by atoms with E-state index in [9.17, 15) is 9.90 Å². The highest BCUT2D eigenvalue weighted by Crippen LogP contribution is 2.28. The highest BCUT2D eigenvalue weighted by Gasteiger charge is 2.15. The lowest BCUT2D eigenvalue weighted by Gasteiger charge is -2.14. The molecule has 0 fully saturated rings. The molecule has 0 aliphatic carbocycles. The number of phenolic OH excluding ortho intramolecular Hbond substituents is 1. The van der Waals surface area contributed by atoms with Crippen LogP contribution in [0.25, 0.3) is 11.4 Å². The van der Waals surface area contributed by atoms with Crippen molar-refractivity contribution in [2.24, 2.45) is 0 Å². The summed E-state index contributed by atoms with van der Waals surface area (Å²) in [4.78, 5) is 15.6. The zero-order valence-electron chi connectivity index (χ0n) is 14.5. The molecular weight excluding hydrogens is 354 g/mol. The van der Waals surface area contributed by atoms with E-state index in [1.165, 1.54) is 6.07 Å². The summed E-state index contributed by atoms with van der Waals surface area (Å²) in [5.74, 6) is 0.235. The van der Waals surface area contributed by atoms with Crippen molar-refractivity contribution in [1.29, 1.82) is 0 Å². The Morgan fingerprint density at radius 3 is 2.73 bits per heavy atom. The van der Waals surface area contributed by atoms with Crippen molar-refractivity contribution in [2.45, 2.75) is 26.5 Å². The van der Waals surface area contributed by atoms with Gasteiger partial charge in [0.05, 0.1) is 17.0 Å². The smallest absolute Gasteiger partial charge is 0.157 e. The summed E-state index contributed by atoms with van der Waals surface area (Å²) in [5.41, 5.74) is 2.69. The summed E-state index contributed by atoms with van der Waals surface area (Å²) in [7, 11) is 0. The van der Waals surface area contributed by atoms with E-state index >= 15 is 0 Å². The van der Waals surface area contributed by atoms with E-state index in [2.05, 4.69) is 23.9 Å². The molecule has 0 bridgehead atoms. The Balaban J connectivity index is 0.00000243. The minimum Gasteiger partial charge on any atom is -0.507 e. The van der Waals surface area contributed by atoms with Crippen LogP contribution in [0.1, 0.15) is 35.8 Å². The van der Waals surface area contributed by atoms with Gasteiger partial charge in [0, 0.05) is 24.0 Å². The number of carbonyl (C=O) groups excluding carboxylic acids is 1. The lowest BCUT2D eigenvalue weighted by atomic mass is 10.1. The number of halogens is 1. The predicted octanol–water partition coefficient (Wildman–Crippen LogP) is 4.04. The van der Waals surface area contributed by atoms with Crippen molar-refractivity contribution in [3.63, 3.8) is 0 Å². The number of aromatic nitrogens is 3. The molecule has 1 N–H and O–H groups in total. The third-order valence-corrected chi connectivity index (χ3v) is 3.84. The van der Waals surface area contributed by atoms with Gasteiger partial charge in [-0.2, -0.15) is 5.10 Å². The molecule has 7 heteroatoms. The third kappa shape index (κ3) is 3.86. The van der Waals surface area contributed by atoms with Gasteiger partial charge < -0.3 is 9.84 Å². The fourth-order valence-electron chi connectivity index (χ4n) is 2.63. The molecule has 0 aliphatic rings. The van der Waals surface area contributed by atoms with Gasteiger partial charge in [0.25, 0.3) is 0 Å². The zero-order chi connectivity index (χ0) is 17.8. The molecule has 136 valence electrons. The van der Waals surface area contributed by atoms with Crippen molar-refractivity contribution in [1.82, 2.24) is 14.8 Å². The van der Waals surface area contributed by atoms with Crippen LogP contribution in [0.4, 0.5) is 0 Å². The summed E-state index contributed by atoms with van der Waals surface area (Å²) in [6.45, 7) is 4.33. The van der Waals surface area contributed by atoms with Gasteiger partial charge in [-0.1, -0.05) is 12.1 Å². The number of carbonyl (C=O) groups is 1. The largest absolute Gasteiger partial charge is 0.507 e. The second-order valence-corrected chi connectivity index (χ2v) is 5.86. The first kappa shape index (κ1) is 19.5. The molecule has 0 atom stereocenters. The number of aromatic hydroxyl groups is 1. The molecule has 6 nitrogen and oxygen atoms in total. The average molecular weight is 374 g/mol. The highest BCUT2D eigenvalue weighted by molar-refractivity contribution is 5.85. The number of aldehydes is 1. The summed E-state index contributed by atoms with van der Waals surface area (Å²) >= 11 is 0. The van der Waals surface area contributed by atoms with Crippen LogP contribution in [0.2, 0.25) is 0 Å². The summed E-state index contributed by atoms with van der Waals surface area (Å²) in [6.07, 6.45) is 4.05. The van der Waals surface area contributed by atoms with Gasteiger partial charge >= 0.3 is 0 Å². The number of hydrogen-bond acceptors (Lipinski definition) is 5. The molecule has 0 saturated heterocycles. The number of pyridine rings is 1. The quantitative estimate of drug-likeness (QED) is 0.659. The Bertz CT molecular complexity index is 893. The Kier molecular flexibility index (Phi) is 6.36. The van der Waals surface area contributed by atoms with Crippen molar-refractivity contribution < 1.29 is 14.6 Å². The molecule has 0 amide bonds. The van der Waals surface area contributed by atoms with Crippen LogP contribution in [0, 0.1) is 0 Å². The molecule has 2 aromatic heterocycles. The van der Waals surface area contributed by atoms with Crippen LogP contribution in [0.3, 0.4) is 0 Å². The van der Waals surface area contributed by atoms with Crippen LogP contribution >= 0.6 is 12.4 Å². The van der Waals surface area contributed by atoms with Gasteiger partial charge in [0.2, 0.25) is 0 Å². The fourth-order valence-corrected chi connectivity index (χ4v) is 2.63. The van der Waals surface area contributed by atoms with Gasteiger partial charge in [0.1, 0.15) is 18.1 Å². The molecule has 2 heterocycles. The Labute approximate surface area is 157 Å². The van der Waals surface area contributed by atoms with Gasteiger partial charge in [-0.25, -0.2) is 0 Å². The Morgan fingerprint density at radius 1 is 1.19 bits per heavy atom. The SMILES string of the molecule is CC(C)n1nccc1-c1ncccc1COc1cccc(O)c1C=O.Cl. The maximum atomic E-state index is 11.2. The molecule has 0 spiro atoms. The van der Waals surface area contributed by atoms with E-state index in [0.29, 0.717) is 12.0 Å². The Hall–Kier alpha value is -2.86. The lowest BCUT2D eigenvalue weighted by Crippen LogP contribution is -2.08. The van der Waals surface area contributed by atoms with E-state index in [0.717, 1.165) is 17.0 Å². The van der Waals surface area contributed by atoms with E-state index in [1.54, 1.807) is 24.5 Å². The summed E-state index contributed by atoms with van der Waals surface area (Å²) in [5, 5.41) is 14.1. The normalized spacial score (nSPS) is 10.4. The first-order valence-corrected chi connectivity index (χ1v) is 7.99. The maximum Gasteiger partial charge on any atom is 0.157 e. The van der Waals surface area contributed by atoms with E-state index < -0.39 is 0 Å². The van der Waals surface area contributed by atoms with Crippen molar-refractivity contribution in [3.05, 3.63) is 59.9 Å². The number of phenols is 1. The van der Waals surface area contributed by atoms with E-state index in [1.807, 2.05) is 22.9 Å². The first-order chi connectivity index (χ1) is 12.1. The van der Waals surface area contributed by atoms with Crippen molar-refractivity contribution in [3.8, 4) is 22.9 Å². The first-order valence-electron chi connectivity index (χ1n) is 7.99. The van der Waals surface area contributed by atoms with Crippen LogP contribution < -0.4 is 4.74 Å². The Morgan fingerprint density at radius 2 is 2.00 bits per heavy atom. The minimum absolute atomic E-state index is 0. The van der Waals surface area contributed by atoms with Gasteiger partial charge in [0.15, 0.2) is 6.29 Å². The van der Waals surface area contributed by atoms with Gasteiger partial charge in [-0.3, -0.25) is 14.5 Å². The fraction of sp³-hybridized carbons (Fsp3) is 0.211. The van der Waals surface area contributed by atoms with Crippen LogP contribution in [0.5, 0.6) is 11.5 Å². The van der Waals surface area contributed by atoms with E-state index in [4.69, 9.17) is 4.74 Å². The summed E-state index contributed by atoms with van der Waals surface area (Å²) in [6, 6.07) is 10.6. The summed E-state index contributed by atoms with van der Waals surface area (Å²) < 4.78 is 7.67. The molecule has 3 aromatic rings. The number of benzene rings is 1.